The Hall–Kier alpha value is -2.04. The van der Waals surface area contributed by atoms with E-state index in [0.717, 1.165) is 5.56 Å². The van der Waals surface area contributed by atoms with Crippen LogP contribution in [0.25, 0.3) is 0 Å². The molecule has 0 aliphatic rings. The van der Waals surface area contributed by atoms with E-state index in [-0.39, 0.29) is 12.5 Å². The second-order valence-electron chi connectivity index (χ2n) is 4.56. The van der Waals surface area contributed by atoms with Crippen LogP contribution < -0.4 is 10.1 Å². The van der Waals surface area contributed by atoms with Gasteiger partial charge in [0.05, 0.1) is 6.61 Å². The minimum Gasteiger partial charge on any atom is -0.481 e. The van der Waals surface area contributed by atoms with Crippen LogP contribution in [0.3, 0.4) is 0 Å². The first kappa shape index (κ1) is 16.0. The molecule has 0 aliphatic heterocycles. The number of nitrogens with one attached hydrogen (secondary N) is 1. The summed E-state index contributed by atoms with van der Waals surface area (Å²) >= 11 is 0. The Morgan fingerprint density at radius 3 is 2.35 bits per heavy atom. The average molecular weight is 279 g/mol. The Kier molecular flexibility index (Phi) is 6.03. The quantitative estimate of drug-likeness (QED) is 0.807. The summed E-state index contributed by atoms with van der Waals surface area (Å²) in [7, 11) is 0. The molecule has 0 aliphatic carbocycles. The number of aryl methyl sites for hydroxylation is 1. The normalized spacial score (nSPS) is 13.2. The Morgan fingerprint density at radius 2 is 1.80 bits per heavy atom. The molecule has 1 rings (SSSR count). The second-order valence-corrected chi connectivity index (χ2v) is 4.56. The van der Waals surface area contributed by atoms with E-state index in [1.165, 1.54) is 0 Å². The Bertz CT molecular complexity index is 455. The molecule has 2 atom stereocenters. The molecule has 0 spiro atoms. The third-order valence-electron chi connectivity index (χ3n) is 2.70. The van der Waals surface area contributed by atoms with Crippen molar-refractivity contribution in [2.45, 2.75) is 39.8 Å². The molecule has 2 unspecified atom stereocenters. The van der Waals surface area contributed by atoms with Gasteiger partial charge >= 0.3 is 5.97 Å². The van der Waals surface area contributed by atoms with Crippen molar-refractivity contribution in [2.24, 2.45) is 0 Å². The topological polar surface area (TPSA) is 64.6 Å². The number of esters is 1. The lowest BCUT2D eigenvalue weighted by atomic mass is 10.2. The first-order valence-electron chi connectivity index (χ1n) is 6.64. The summed E-state index contributed by atoms with van der Waals surface area (Å²) in [4.78, 5) is 23.3. The largest absolute Gasteiger partial charge is 0.481 e. The number of amides is 1. The number of carbonyl (C=O) groups excluding carboxylic acids is 2. The van der Waals surface area contributed by atoms with Gasteiger partial charge < -0.3 is 14.8 Å². The highest BCUT2D eigenvalue weighted by Crippen LogP contribution is 2.13. The molecule has 1 amide bonds. The van der Waals surface area contributed by atoms with Crippen LogP contribution in [0.2, 0.25) is 0 Å². The zero-order valence-electron chi connectivity index (χ0n) is 12.3. The van der Waals surface area contributed by atoms with Crippen LogP contribution in [0.4, 0.5) is 0 Å². The van der Waals surface area contributed by atoms with Gasteiger partial charge in [-0.1, -0.05) is 17.7 Å². The van der Waals surface area contributed by atoms with Crippen LogP contribution in [0.1, 0.15) is 26.3 Å². The molecule has 1 aromatic carbocycles. The van der Waals surface area contributed by atoms with Crippen molar-refractivity contribution < 1.29 is 19.1 Å². The van der Waals surface area contributed by atoms with Crippen molar-refractivity contribution in [1.82, 2.24) is 5.32 Å². The van der Waals surface area contributed by atoms with E-state index in [9.17, 15) is 9.59 Å². The molecule has 1 aromatic rings. The van der Waals surface area contributed by atoms with Crippen molar-refractivity contribution >= 4 is 11.9 Å². The molecule has 0 bridgehead atoms. The standard InChI is InChI=1S/C15H21NO4/c1-5-19-15(18)11(3)16-14(17)12(4)20-13-8-6-10(2)7-9-13/h6-9,11-12H,5H2,1-4H3,(H,16,17). The molecular weight excluding hydrogens is 258 g/mol. The number of ether oxygens (including phenoxy) is 2. The van der Waals surface area contributed by atoms with Gasteiger partial charge in [-0.15, -0.1) is 0 Å². The lowest BCUT2D eigenvalue weighted by Crippen LogP contribution is -2.45. The van der Waals surface area contributed by atoms with E-state index < -0.39 is 18.1 Å². The highest BCUT2D eigenvalue weighted by atomic mass is 16.5. The summed E-state index contributed by atoms with van der Waals surface area (Å²) in [5.41, 5.74) is 1.12. The van der Waals surface area contributed by atoms with E-state index in [0.29, 0.717) is 5.75 Å². The molecule has 0 saturated heterocycles. The lowest BCUT2D eigenvalue weighted by Gasteiger charge is -2.17. The van der Waals surface area contributed by atoms with Crippen LogP contribution in [0.15, 0.2) is 24.3 Å². The zero-order chi connectivity index (χ0) is 15.1. The summed E-state index contributed by atoms with van der Waals surface area (Å²) in [5.74, 6) is -0.198. The van der Waals surface area contributed by atoms with Crippen molar-refractivity contribution in [3.8, 4) is 5.75 Å². The smallest absolute Gasteiger partial charge is 0.328 e. The lowest BCUT2D eigenvalue weighted by molar-refractivity contribution is -0.147. The fourth-order valence-electron chi connectivity index (χ4n) is 1.53. The number of rotatable bonds is 6. The van der Waals surface area contributed by atoms with Gasteiger partial charge in [-0.05, 0) is 39.8 Å². The van der Waals surface area contributed by atoms with Gasteiger partial charge in [0.15, 0.2) is 6.10 Å². The summed E-state index contributed by atoms with van der Waals surface area (Å²) in [6.07, 6.45) is -0.686. The van der Waals surface area contributed by atoms with Gasteiger partial charge in [-0.2, -0.15) is 0 Å². The summed E-state index contributed by atoms with van der Waals surface area (Å²) in [6, 6.07) is 6.72. The predicted molar refractivity (Wildman–Crippen MR) is 75.5 cm³/mol. The molecule has 1 N–H and O–H groups in total. The summed E-state index contributed by atoms with van der Waals surface area (Å²) in [6.45, 7) is 7.19. The first-order chi connectivity index (χ1) is 9.43. The predicted octanol–water partition coefficient (Wildman–Crippen LogP) is 1.83. The number of benzene rings is 1. The van der Waals surface area contributed by atoms with Gasteiger partial charge in [0.1, 0.15) is 11.8 Å². The average Bonchev–Trinajstić information content (AvgIpc) is 2.41. The van der Waals surface area contributed by atoms with Crippen molar-refractivity contribution in [3.63, 3.8) is 0 Å². The Balaban J connectivity index is 2.50. The maximum Gasteiger partial charge on any atom is 0.328 e. The molecule has 0 heterocycles. The SMILES string of the molecule is CCOC(=O)C(C)NC(=O)C(C)Oc1ccc(C)cc1. The summed E-state index contributed by atoms with van der Waals surface area (Å²) in [5, 5.41) is 2.56. The molecule has 5 nitrogen and oxygen atoms in total. The van der Waals surface area contributed by atoms with Gasteiger partial charge in [-0.3, -0.25) is 4.79 Å². The van der Waals surface area contributed by atoms with Crippen molar-refractivity contribution in [1.29, 1.82) is 0 Å². The maximum atomic E-state index is 11.9. The molecule has 0 fully saturated rings. The third kappa shape index (κ3) is 4.91. The molecule has 0 aromatic heterocycles. The highest BCUT2D eigenvalue weighted by Gasteiger charge is 2.21. The van der Waals surface area contributed by atoms with Crippen LogP contribution in [-0.4, -0.2) is 30.6 Å². The molecule has 0 radical (unpaired) electrons. The second kappa shape index (κ2) is 7.53. The van der Waals surface area contributed by atoms with E-state index in [4.69, 9.17) is 9.47 Å². The third-order valence-corrected chi connectivity index (χ3v) is 2.70. The number of hydrogen-bond acceptors (Lipinski definition) is 4. The highest BCUT2D eigenvalue weighted by molar-refractivity contribution is 5.86. The van der Waals surface area contributed by atoms with Gasteiger partial charge in [0, 0.05) is 0 Å². The minimum atomic E-state index is -0.688. The molecule has 110 valence electrons. The van der Waals surface area contributed by atoms with Gasteiger partial charge in [-0.25, -0.2) is 4.79 Å². The maximum absolute atomic E-state index is 11.9. The Morgan fingerprint density at radius 1 is 1.20 bits per heavy atom. The fourth-order valence-corrected chi connectivity index (χ4v) is 1.53. The number of carbonyl (C=O) groups is 2. The van der Waals surface area contributed by atoms with Crippen LogP contribution >= 0.6 is 0 Å². The van der Waals surface area contributed by atoms with Crippen LogP contribution in [0, 0.1) is 6.92 Å². The molecule has 20 heavy (non-hydrogen) atoms. The molecule has 5 heteroatoms. The molecule has 0 saturated carbocycles. The van der Waals surface area contributed by atoms with Crippen LogP contribution in [0.5, 0.6) is 5.75 Å². The fraction of sp³-hybridized carbons (Fsp3) is 0.467. The van der Waals surface area contributed by atoms with Gasteiger partial charge in [0.2, 0.25) is 0 Å². The van der Waals surface area contributed by atoms with Crippen molar-refractivity contribution in [2.75, 3.05) is 6.61 Å². The zero-order valence-corrected chi connectivity index (χ0v) is 12.3. The minimum absolute atomic E-state index is 0.286. The first-order valence-corrected chi connectivity index (χ1v) is 6.64. The number of hydrogen-bond donors (Lipinski definition) is 1. The summed E-state index contributed by atoms with van der Waals surface area (Å²) < 4.78 is 10.3. The van der Waals surface area contributed by atoms with Crippen LogP contribution in [-0.2, 0) is 14.3 Å². The van der Waals surface area contributed by atoms with Crippen molar-refractivity contribution in [3.05, 3.63) is 29.8 Å². The van der Waals surface area contributed by atoms with E-state index in [2.05, 4.69) is 5.32 Å². The van der Waals surface area contributed by atoms with E-state index >= 15 is 0 Å². The van der Waals surface area contributed by atoms with E-state index in [1.54, 1.807) is 32.9 Å². The van der Waals surface area contributed by atoms with Gasteiger partial charge in [0.25, 0.3) is 5.91 Å². The Labute approximate surface area is 119 Å². The van der Waals surface area contributed by atoms with E-state index in [1.807, 2.05) is 19.1 Å². The molecular formula is C15H21NO4. The monoisotopic (exact) mass is 279 g/mol.